The van der Waals surface area contributed by atoms with Gasteiger partial charge >= 0.3 is 0 Å². The lowest BCUT2D eigenvalue weighted by Crippen LogP contribution is -2.57. The molecule has 2 aromatic rings. The van der Waals surface area contributed by atoms with E-state index < -0.39 is 29.8 Å². The molecule has 1 heterocycles. The smallest absolute Gasteiger partial charge is 0.264 e. The van der Waals surface area contributed by atoms with Gasteiger partial charge in [0.2, 0.25) is 5.91 Å². The number of fused-ring (bicyclic) bond motifs is 1. The molecule has 7 nitrogen and oxygen atoms in total. The Bertz CT molecular complexity index is 884. The minimum Gasteiger partial charge on any atom is -0.335 e. The van der Waals surface area contributed by atoms with Crippen LogP contribution in [-0.2, 0) is 14.4 Å². The van der Waals surface area contributed by atoms with Crippen LogP contribution in [0.2, 0.25) is 0 Å². The number of likely N-dealkylation sites (N-methyl/N-ethyl adjacent to an activating group) is 1. The number of hydrogen-bond acceptors (Lipinski definition) is 4. The van der Waals surface area contributed by atoms with Gasteiger partial charge in [0.1, 0.15) is 0 Å². The third kappa shape index (κ3) is 3.61. The molecule has 2 aromatic carbocycles. The second kappa shape index (κ2) is 8.22. The van der Waals surface area contributed by atoms with Crippen LogP contribution >= 0.6 is 0 Å². The van der Waals surface area contributed by atoms with Gasteiger partial charge in [-0.15, -0.1) is 0 Å². The Kier molecular flexibility index (Phi) is 5.75. The van der Waals surface area contributed by atoms with Gasteiger partial charge in [-0.1, -0.05) is 43.7 Å². The molecule has 1 aliphatic heterocycles. The molecule has 0 saturated heterocycles. The van der Waals surface area contributed by atoms with E-state index in [9.17, 15) is 14.4 Å². The SMILES string of the molecule is CCC[C@H](N)C(=O)NC1C(=O)N(C)c2ccccc2N(c2ccccc2)C1=O. The summed E-state index contributed by atoms with van der Waals surface area (Å²) in [5.74, 6) is -1.54. The fourth-order valence-corrected chi connectivity index (χ4v) is 3.26. The van der Waals surface area contributed by atoms with E-state index in [2.05, 4.69) is 5.32 Å². The Balaban J connectivity index is 2.06. The van der Waals surface area contributed by atoms with E-state index in [0.29, 0.717) is 23.5 Å². The molecule has 0 radical (unpaired) electrons. The molecule has 3 amide bonds. The molecule has 3 N–H and O–H groups in total. The first-order valence-corrected chi connectivity index (χ1v) is 9.27. The van der Waals surface area contributed by atoms with Crippen LogP contribution in [0, 0.1) is 0 Å². The Morgan fingerprint density at radius 3 is 2.29 bits per heavy atom. The average molecular weight is 380 g/mol. The summed E-state index contributed by atoms with van der Waals surface area (Å²) < 4.78 is 0. The molecular weight excluding hydrogens is 356 g/mol. The predicted octanol–water partition coefficient (Wildman–Crippen LogP) is 1.94. The lowest BCUT2D eigenvalue weighted by molar-refractivity contribution is -0.134. The summed E-state index contributed by atoms with van der Waals surface area (Å²) in [4.78, 5) is 41.7. The van der Waals surface area contributed by atoms with Crippen molar-refractivity contribution < 1.29 is 14.4 Å². The Morgan fingerprint density at radius 2 is 1.64 bits per heavy atom. The summed E-state index contributed by atoms with van der Waals surface area (Å²) >= 11 is 0. The number of hydrogen-bond donors (Lipinski definition) is 2. The second-order valence-electron chi connectivity index (χ2n) is 6.73. The van der Waals surface area contributed by atoms with Gasteiger partial charge in [0.15, 0.2) is 6.04 Å². The molecule has 1 unspecified atom stereocenters. The van der Waals surface area contributed by atoms with E-state index in [-0.39, 0.29) is 0 Å². The van der Waals surface area contributed by atoms with Crippen molar-refractivity contribution in [2.45, 2.75) is 31.8 Å². The van der Waals surface area contributed by atoms with Gasteiger partial charge in [-0.25, -0.2) is 0 Å². The van der Waals surface area contributed by atoms with E-state index in [4.69, 9.17) is 5.73 Å². The van der Waals surface area contributed by atoms with Gasteiger partial charge in [0, 0.05) is 12.7 Å². The highest BCUT2D eigenvalue weighted by Crippen LogP contribution is 2.37. The van der Waals surface area contributed by atoms with Crippen LogP contribution in [0.5, 0.6) is 0 Å². The lowest BCUT2D eigenvalue weighted by atomic mass is 10.1. The lowest BCUT2D eigenvalue weighted by Gasteiger charge is -2.25. The summed E-state index contributed by atoms with van der Waals surface area (Å²) in [6.07, 6.45) is 1.20. The first-order chi connectivity index (χ1) is 13.5. The average Bonchev–Trinajstić information content (AvgIpc) is 2.78. The van der Waals surface area contributed by atoms with Gasteiger partial charge in [-0.05, 0) is 30.7 Å². The highest BCUT2D eigenvalue weighted by atomic mass is 16.2. The Morgan fingerprint density at radius 1 is 1.04 bits per heavy atom. The van der Waals surface area contributed by atoms with Crippen LogP contribution in [0.25, 0.3) is 0 Å². The zero-order chi connectivity index (χ0) is 20.3. The zero-order valence-corrected chi connectivity index (χ0v) is 16.0. The van der Waals surface area contributed by atoms with Crippen molar-refractivity contribution in [3.63, 3.8) is 0 Å². The maximum absolute atomic E-state index is 13.4. The molecule has 28 heavy (non-hydrogen) atoms. The van der Waals surface area contributed by atoms with Crippen LogP contribution in [0.4, 0.5) is 17.1 Å². The zero-order valence-electron chi connectivity index (χ0n) is 16.0. The minimum absolute atomic E-state index is 0.472. The third-order valence-electron chi connectivity index (χ3n) is 4.77. The van der Waals surface area contributed by atoms with Crippen LogP contribution in [0.1, 0.15) is 19.8 Å². The molecule has 7 heteroatoms. The maximum Gasteiger partial charge on any atom is 0.264 e. The molecule has 0 saturated carbocycles. The van der Waals surface area contributed by atoms with Crippen LogP contribution < -0.4 is 20.9 Å². The van der Waals surface area contributed by atoms with Gasteiger partial charge in [-0.2, -0.15) is 0 Å². The number of carbonyl (C=O) groups excluding carboxylic acids is 3. The number of para-hydroxylation sites is 3. The van der Waals surface area contributed by atoms with Crippen molar-refractivity contribution in [3.05, 3.63) is 54.6 Å². The highest BCUT2D eigenvalue weighted by molar-refractivity contribution is 6.23. The van der Waals surface area contributed by atoms with Crippen molar-refractivity contribution in [2.75, 3.05) is 16.8 Å². The van der Waals surface area contributed by atoms with Crippen LogP contribution in [0.15, 0.2) is 54.6 Å². The molecule has 0 aliphatic carbocycles. The molecule has 2 atom stereocenters. The van der Waals surface area contributed by atoms with Crippen LogP contribution in [-0.4, -0.2) is 36.9 Å². The van der Waals surface area contributed by atoms with Gasteiger partial charge in [-0.3, -0.25) is 19.3 Å². The van der Waals surface area contributed by atoms with E-state index in [0.717, 1.165) is 6.42 Å². The molecule has 146 valence electrons. The van der Waals surface area contributed by atoms with E-state index in [1.165, 1.54) is 9.80 Å². The summed E-state index contributed by atoms with van der Waals surface area (Å²) in [5, 5.41) is 2.56. The number of nitrogens with two attached hydrogens (primary N) is 1. The van der Waals surface area contributed by atoms with E-state index in [1.807, 2.05) is 25.1 Å². The molecule has 0 spiro atoms. The maximum atomic E-state index is 13.4. The number of benzene rings is 2. The first kappa shape index (κ1) is 19.6. The predicted molar refractivity (Wildman–Crippen MR) is 108 cm³/mol. The number of rotatable bonds is 5. The summed E-state index contributed by atoms with van der Waals surface area (Å²) in [6, 6.07) is 14.1. The number of nitrogens with one attached hydrogen (secondary N) is 1. The molecular formula is C21H24N4O3. The number of carbonyl (C=O) groups is 3. The van der Waals surface area contributed by atoms with Crippen LogP contribution in [0.3, 0.4) is 0 Å². The Hall–Kier alpha value is -3.19. The van der Waals surface area contributed by atoms with Crippen molar-refractivity contribution in [1.29, 1.82) is 0 Å². The van der Waals surface area contributed by atoms with Crippen molar-refractivity contribution in [3.8, 4) is 0 Å². The third-order valence-corrected chi connectivity index (χ3v) is 4.77. The number of amides is 3. The normalized spacial score (nSPS) is 17.8. The number of nitrogens with zero attached hydrogens (tertiary/aromatic N) is 2. The molecule has 3 rings (SSSR count). The quantitative estimate of drug-likeness (QED) is 0.775. The van der Waals surface area contributed by atoms with Crippen molar-refractivity contribution >= 4 is 34.8 Å². The fraction of sp³-hybridized carbons (Fsp3) is 0.286. The van der Waals surface area contributed by atoms with Crippen molar-refractivity contribution in [2.24, 2.45) is 5.73 Å². The van der Waals surface area contributed by atoms with Gasteiger partial charge < -0.3 is 16.0 Å². The Labute approximate surface area is 164 Å². The molecule has 0 fully saturated rings. The standard InChI is InChI=1S/C21H24N4O3/c1-3-9-15(22)19(26)23-18-20(27)24(2)16-12-7-8-13-17(16)25(21(18)28)14-10-5-4-6-11-14/h4-8,10-13,15,18H,3,9,22H2,1-2H3,(H,23,26)/t15-,18?/m0/s1. The summed E-state index contributed by atoms with van der Waals surface area (Å²) in [5.41, 5.74) is 7.64. The van der Waals surface area contributed by atoms with E-state index in [1.54, 1.807) is 43.4 Å². The summed E-state index contributed by atoms with van der Waals surface area (Å²) in [7, 11) is 1.59. The fourth-order valence-electron chi connectivity index (χ4n) is 3.26. The van der Waals surface area contributed by atoms with E-state index >= 15 is 0 Å². The summed E-state index contributed by atoms with van der Waals surface area (Å²) in [6.45, 7) is 1.91. The monoisotopic (exact) mass is 380 g/mol. The minimum atomic E-state index is -1.35. The molecule has 0 bridgehead atoms. The van der Waals surface area contributed by atoms with Gasteiger partial charge in [0.25, 0.3) is 11.8 Å². The first-order valence-electron chi connectivity index (χ1n) is 9.27. The largest absolute Gasteiger partial charge is 0.335 e. The molecule has 1 aliphatic rings. The number of anilines is 3. The molecule has 0 aromatic heterocycles. The highest BCUT2D eigenvalue weighted by Gasteiger charge is 2.40. The van der Waals surface area contributed by atoms with Crippen molar-refractivity contribution in [1.82, 2.24) is 5.32 Å². The second-order valence-corrected chi connectivity index (χ2v) is 6.73. The van der Waals surface area contributed by atoms with Gasteiger partial charge in [0.05, 0.1) is 17.4 Å². The topological polar surface area (TPSA) is 95.7 Å².